The van der Waals surface area contributed by atoms with Crippen LogP contribution in [0.5, 0.6) is 11.5 Å². The highest BCUT2D eigenvalue weighted by molar-refractivity contribution is 8.00. The van der Waals surface area contributed by atoms with Gasteiger partial charge in [0.05, 0.1) is 19.5 Å². The van der Waals surface area contributed by atoms with Gasteiger partial charge in [-0.2, -0.15) is 0 Å². The van der Waals surface area contributed by atoms with E-state index >= 15 is 0 Å². The minimum atomic E-state index is -0.536. The van der Waals surface area contributed by atoms with E-state index < -0.39 is 11.8 Å². The Morgan fingerprint density at radius 2 is 1.53 bits per heavy atom. The normalized spacial score (nSPS) is 11.7. The maximum absolute atomic E-state index is 13.7. The van der Waals surface area contributed by atoms with E-state index in [-0.39, 0.29) is 16.9 Å². The van der Waals surface area contributed by atoms with Crippen LogP contribution in [0.3, 0.4) is 0 Å². The summed E-state index contributed by atoms with van der Waals surface area (Å²) in [6.45, 7) is 5.95. The Morgan fingerprint density at radius 3 is 2.20 bits per heavy atom. The Morgan fingerprint density at radius 1 is 0.800 bits per heavy atom. The van der Waals surface area contributed by atoms with Gasteiger partial charge in [-0.15, -0.1) is 11.8 Å². The van der Waals surface area contributed by atoms with Crippen LogP contribution in [-0.4, -0.2) is 37.2 Å². The molecule has 3 amide bonds. The van der Waals surface area contributed by atoms with Crippen LogP contribution in [-0.2, 0) is 9.59 Å². The number of thioether (sulfide) groups is 1. The first-order valence-corrected chi connectivity index (χ1v) is 15.3. The summed E-state index contributed by atoms with van der Waals surface area (Å²) >= 11 is 1.42. The number of anilines is 2. The van der Waals surface area contributed by atoms with Crippen LogP contribution < -0.4 is 25.4 Å². The zero-order valence-corrected chi connectivity index (χ0v) is 26.8. The molecular weight excluding hydrogens is 586 g/mol. The van der Waals surface area contributed by atoms with Gasteiger partial charge in [-0.1, -0.05) is 37.3 Å². The van der Waals surface area contributed by atoms with Gasteiger partial charge in [0.2, 0.25) is 5.91 Å². The van der Waals surface area contributed by atoms with Crippen molar-refractivity contribution in [1.82, 2.24) is 5.32 Å². The van der Waals surface area contributed by atoms with Crippen molar-refractivity contribution in [3.8, 4) is 11.5 Å². The highest BCUT2D eigenvalue weighted by Gasteiger charge is 2.20. The van der Waals surface area contributed by atoms with Crippen molar-refractivity contribution in [3.63, 3.8) is 0 Å². The van der Waals surface area contributed by atoms with Crippen LogP contribution in [0.2, 0.25) is 0 Å². The average Bonchev–Trinajstić information content (AvgIpc) is 3.03. The van der Waals surface area contributed by atoms with Crippen molar-refractivity contribution in [3.05, 3.63) is 119 Å². The Balaban J connectivity index is 1.56. The van der Waals surface area contributed by atoms with Gasteiger partial charge in [0, 0.05) is 27.4 Å². The lowest BCUT2D eigenvalue weighted by Crippen LogP contribution is -2.30. The highest BCUT2D eigenvalue weighted by atomic mass is 32.2. The number of rotatable bonds is 12. The molecule has 9 heteroatoms. The second kappa shape index (κ2) is 15.6. The first-order valence-electron chi connectivity index (χ1n) is 14.5. The van der Waals surface area contributed by atoms with Gasteiger partial charge < -0.3 is 25.4 Å². The predicted octanol–water partition coefficient (Wildman–Crippen LogP) is 7.24. The number of hydrogen-bond donors (Lipinski definition) is 3. The number of methoxy groups -OCH3 is 2. The van der Waals surface area contributed by atoms with Gasteiger partial charge in [0.25, 0.3) is 11.8 Å². The topological polar surface area (TPSA) is 106 Å². The summed E-state index contributed by atoms with van der Waals surface area (Å²) in [6, 6.07) is 27.0. The molecule has 0 aliphatic carbocycles. The molecular formula is C36H37N3O5S. The molecule has 8 nitrogen and oxygen atoms in total. The largest absolute Gasteiger partial charge is 0.497 e. The van der Waals surface area contributed by atoms with Gasteiger partial charge >= 0.3 is 0 Å². The lowest BCUT2D eigenvalue weighted by molar-refractivity contribution is -0.116. The third-order valence-corrected chi connectivity index (χ3v) is 8.15. The molecule has 4 rings (SSSR count). The van der Waals surface area contributed by atoms with Crippen molar-refractivity contribution in [2.45, 2.75) is 37.3 Å². The minimum absolute atomic E-state index is 0.00715. The highest BCUT2D eigenvalue weighted by Crippen LogP contribution is 2.30. The average molecular weight is 624 g/mol. The fraction of sp³-hybridized carbons (Fsp3) is 0.194. The standard InChI is InChI=1S/C36H37N3O5S/c1-6-33(36(42)38-28-18-23(2)17-24(3)19-28)45-30-14-10-13-27(22-30)37-35(41)31(39-34(40)25-11-8-7-9-12-25)21-26-20-29(43-4)15-16-32(26)44-5/h7-22,33H,6H2,1-5H3,(H,37,41)(H,38,42)(H,39,40)/b31-21+. The van der Waals surface area contributed by atoms with E-state index in [0.717, 1.165) is 21.7 Å². The molecule has 0 fully saturated rings. The molecule has 4 aromatic rings. The van der Waals surface area contributed by atoms with Gasteiger partial charge in [-0.3, -0.25) is 14.4 Å². The lowest BCUT2D eigenvalue weighted by atomic mass is 10.1. The zero-order chi connectivity index (χ0) is 32.3. The van der Waals surface area contributed by atoms with E-state index in [1.165, 1.54) is 18.9 Å². The van der Waals surface area contributed by atoms with Crippen molar-refractivity contribution in [1.29, 1.82) is 0 Å². The molecule has 0 aliphatic rings. The second-order valence-corrected chi connectivity index (χ2v) is 11.6. The van der Waals surface area contributed by atoms with Crippen LogP contribution in [0, 0.1) is 13.8 Å². The Hall–Kier alpha value is -5.02. The number of amides is 3. The van der Waals surface area contributed by atoms with Gasteiger partial charge in [-0.05, 0) is 98.1 Å². The van der Waals surface area contributed by atoms with E-state index in [4.69, 9.17) is 9.47 Å². The van der Waals surface area contributed by atoms with E-state index in [1.54, 1.807) is 67.8 Å². The van der Waals surface area contributed by atoms with Crippen molar-refractivity contribution in [2.24, 2.45) is 0 Å². The third kappa shape index (κ3) is 9.23. The smallest absolute Gasteiger partial charge is 0.272 e. The fourth-order valence-corrected chi connectivity index (χ4v) is 5.67. The number of benzene rings is 4. The number of aryl methyl sites for hydroxylation is 2. The number of carbonyl (C=O) groups is 3. The van der Waals surface area contributed by atoms with E-state index in [1.807, 2.05) is 51.1 Å². The predicted molar refractivity (Wildman–Crippen MR) is 181 cm³/mol. The molecule has 232 valence electrons. The summed E-state index contributed by atoms with van der Waals surface area (Å²) in [5.74, 6) is -0.0103. The number of hydrogen-bond acceptors (Lipinski definition) is 6. The fourth-order valence-electron chi connectivity index (χ4n) is 4.65. The van der Waals surface area contributed by atoms with Crippen molar-refractivity contribution in [2.75, 3.05) is 24.9 Å². The molecule has 0 bridgehead atoms. The number of carbonyl (C=O) groups excluding carboxylic acids is 3. The molecule has 45 heavy (non-hydrogen) atoms. The van der Waals surface area contributed by atoms with Gasteiger partial charge in [-0.25, -0.2) is 0 Å². The summed E-state index contributed by atoms with van der Waals surface area (Å²) < 4.78 is 10.8. The maximum atomic E-state index is 13.7. The molecule has 1 atom stereocenters. The summed E-state index contributed by atoms with van der Waals surface area (Å²) in [5.41, 5.74) is 4.37. The van der Waals surface area contributed by atoms with Crippen molar-refractivity contribution >= 4 is 46.9 Å². The van der Waals surface area contributed by atoms with E-state index in [2.05, 4.69) is 22.0 Å². The van der Waals surface area contributed by atoms with Crippen LogP contribution in [0.25, 0.3) is 6.08 Å². The maximum Gasteiger partial charge on any atom is 0.272 e. The number of nitrogens with one attached hydrogen (secondary N) is 3. The molecule has 0 radical (unpaired) electrons. The third-order valence-electron chi connectivity index (χ3n) is 6.79. The zero-order valence-electron chi connectivity index (χ0n) is 26.0. The second-order valence-electron chi connectivity index (χ2n) is 10.3. The summed E-state index contributed by atoms with van der Waals surface area (Å²) in [4.78, 5) is 40.7. The molecule has 1 unspecified atom stereocenters. The van der Waals surface area contributed by atoms with Crippen LogP contribution in [0.15, 0.2) is 102 Å². The van der Waals surface area contributed by atoms with Gasteiger partial charge in [0.1, 0.15) is 17.2 Å². The minimum Gasteiger partial charge on any atom is -0.497 e. The van der Waals surface area contributed by atoms with Crippen LogP contribution in [0.1, 0.15) is 40.4 Å². The Bertz CT molecular complexity index is 1680. The molecule has 0 saturated carbocycles. The Kier molecular flexibility index (Phi) is 11.4. The first-order chi connectivity index (χ1) is 21.7. The molecule has 3 N–H and O–H groups in total. The Labute approximate surface area is 268 Å². The molecule has 0 aromatic heterocycles. The van der Waals surface area contributed by atoms with E-state index in [0.29, 0.717) is 34.7 Å². The van der Waals surface area contributed by atoms with E-state index in [9.17, 15) is 14.4 Å². The first kappa shape index (κ1) is 32.9. The summed E-state index contributed by atoms with van der Waals surface area (Å²) in [7, 11) is 3.07. The van der Waals surface area contributed by atoms with Crippen LogP contribution in [0.4, 0.5) is 11.4 Å². The lowest BCUT2D eigenvalue weighted by Gasteiger charge is -2.16. The van der Waals surface area contributed by atoms with Crippen molar-refractivity contribution < 1.29 is 23.9 Å². The monoisotopic (exact) mass is 623 g/mol. The quantitative estimate of drug-likeness (QED) is 0.114. The summed E-state index contributed by atoms with van der Waals surface area (Å²) in [6.07, 6.45) is 2.15. The molecule has 4 aromatic carbocycles. The SMILES string of the molecule is CCC(Sc1cccc(NC(=O)/C(=C\c2cc(OC)ccc2OC)NC(=O)c2ccccc2)c1)C(=O)Nc1cc(C)cc(C)c1. The van der Waals surface area contributed by atoms with Gasteiger partial charge in [0.15, 0.2) is 0 Å². The van der Waals surface area contributed by atoms with Crippen LogP contribution >= 0.6 is 11.8 Å². The molecule has 0 heterocycles. The molecule has 0 spiro atoms. The molecule has 0 saturated heterocycles. The molecule has 0 aliphatic heterocycles. The summed E-state index contributed by atoms with van der Waals surface area (Å²) in [5, 5.41) is 8.32. The number of ether oxygens (including phenoxy) is 2.